The lowest BCUT2D eigenvalue weighted by molar-refractivity contribution is -0.255. The van der Waals surface area contributed by atoms with Crippen LogP contribution in [0.1, 0.15) is 34.0 Å². The molecule has 0 unspecified atom stereocenters. The fourth-order valence-electron chi connectivity index (χ4n) is 2.29. The summed E-state index contributed by atoms with van der Waals surface area (Å²) in [5.41, 5.74) is 2.38. The molecule has 0 aliphatic carbocycles. The summed E-state index contributed by atoms with van der Waals surface area (Å²) in [6, 6.07) is 9.62. The van der Waals surface area contributed by atoms with Gasteiger partial charge in [-0.1, -0.05) is 19.1 Å². The number of aromatic carboxylic acids is 1. The van der Waals surface area contributed by atoms with Crippen molar-refractivity contribution in [2.75, 3.05) is 4.72 Å². The Morgan fingerprint density at radius 1 is 1.17 bits per heavy atom. The Balaban J connectivity index is 2.49. The smallest absolute Gasteiger partial charge is 0.262 e. The van der Waals surface area contributed by atoms with E-state index in [1.165, 1.54) is 6.07 Å². The minimum Gasteiger partial charge on any atom is -0.545 e. The van der Waals surface area contributed by atoms with Gasteiger partial charge in [0.1, 0.15) is 0 Å². The minimum absolute atomic E-state index is 0.0569. The second kappa shape index (κ2) is 6.42. The average molecular weight is 332 g/mol. The quantitative estimate of drug-likeness (QED) is 0.907. The van der Waals surface area contributed by atoms with E-state index < -0.39 is 16.0 Å². The molecule has 1 N–H and O–H groups in total. The Morgan fingerprint density at radius 3 is 2.48 bits per heavy atom. The van der Waals surface area contributed by atoms with Crippen molar-refractivity contribution in [3.63, 3.8) is 0 Å². The van der Waals surface area contributed by atoms with Crippen LogP contribution in [0.2, 0.25) is 0 Å². The number of nitrogens with one attached hydrogen (secondary N) is 1. The highest BCUT2D eigenvalue weighted by Crippen LogP contribution is 2.24. The number of carboxylic acids is 1. The van der Waals surface area contributed by atoms with Gasteiger partial charge < -0.3 is 9.90 Å². The molecule has 2 aromatic carbocycles. The third-order valence-electron chi connectivity index (χ3n) is 3.73. The van der Waals surface area contributed by atoms with Crippen molar-refractivity contribution in [3.8, 4) is 0 Å². The Bertz CT molecular complexity index is 857. The second-order valence-corrected chi connectivity index (χ2v) is 7.01. The van der Waals surface area contributed by atoms with E-state index in [2.05, 4.69) is 4.72 Å². The highest BCUT2D eigenvalue weighted by Gasteiger charge is 2.19. The summed E-state index contributed by atoms with van der Waals surface area (Å²) < 4.78 is 27.8. The Labute approximate surface area is 136 Å². The maximum atomic E-state index is 12.6. The first kappa shape index (κ1) is 17.0. The number of hydrogen-bond acceptors (Lipinski definition) is 4. The summed E-state index contributed by atoms with van der Waals surface area (Å²) in [7, 11) is -3.89. The van der Waals surface area contributed by atoms with Gasteiger partial charge in [0.15, 0.2) is 0 Å². The van der Waals surface area contributed by atoms with Gasteiger partial charge in [0.05, 0.1) is 10.9 Å². The molecule has 0 heterocycles. The topological polar surface area (TPSA) is 86.3 Å². The van der Waals surface area contributed by atoms with Crippen LogP contribution in [0.4, 0.5) is 5.69 Å². The first-order chi connectivity index (χ1) is 10.7. The van der Waals surface area contributed by atoms with E-state index in [9.17, 15) is 18.3 Å². The van der Waals surface area contributed by atoms with Crippen molar-refractivity contribution in [2.24, 2.45) is 0 Å². The van der Waals surface area contributed by atoms with Crippen LogP contribution >= 0.6 is 0 Å². The van der Waals surface area contributed by atoms with Crippen LogP contribution in [0.15, 0.2) is 41.3 Å². The zero-order valence-electron chi connectivity index (χ0n) is 13.2. The molecule has 0 aromatic heterocycles. The molecule has 0 radical (unpaired) electrons. The van der Waals surface area contributed by atoms with Gasteiger partial charge in [-0.2, -0.15) is 0 Å². The maximum absolute atomic E-state index is 12.6. The molecule has 0 amide bonds. The third-order valence-corrected chi connectivity index (χ3v) is 5.24. The zero-order valence-corrected chi connectivity index (χ0v) is 14.0. The van der Waals surface area contributed by atoms with Crippen LogP contribution < -0.4 is 9.83 Å². The van der Waals surface area contributed by atoms with E-state index in [0.29, 0.717) is 16.8 Å². The van der Waals surface area contributed by atoms with E-state index in [1.54, 1.807) is 32.0 Å². The Hall–Kier alpha value is -2.34. The largest absolute Gasteiger partial charge is 0.545 e. The second-order valence-electron chi connectivity index (χ2n) is 5.36. The molecule has 0 fully saturated rings. The van der Waals surface area contributed by atoms with E-state index in [-0.39, 0.29) is 10.5 Å². The van der Waals surface area contributed by atoms with E-state index in [4.69, 9.17) is 0 Å². The molecular weight excluding hydrogens is 314 g/mol. The molecule has 2 rings (SSSR count). The zero-order chi connectivity index (χ0) is 17.2. The normalized spacial score (nSPS) is 11.3. The summed E-state index contributed by atoms with van der Waals surface area (Å²) in [5, 5.41) is 11.1. The van der Waals surface area contributed by atoms with Gasteiger partial charge in [0, 0.05) is 5.69 Å². The fraction of sp³-hybridized carbons (Fsp3) is 0.235. The molecule has 5 nitrogen and oxygen atoms in total. The molecular formula is C17H18NO4S-. The van der Waals surface area contributed by atoms with E-state index in [0.717, 1.165) is 18.1 Å². The molecule has 0 bridgehead atoms. The van der Waals surface area contributed by atoms with Crippen molar-refractivity contribution < 1.29 is 18.3 Å². The first-order valence-electron chi connectivity index (χ1n) is 7.19. The van der Waals surface area contributed by atoms with Gasteiger partial charge in [0.2, 0.25) is 0 Å². The van der Waals surface area contributed by atoms with Gasteiger partial charge >= 0.3 is 0 Å². The summed E-state index contributed by atoms with van der Waals surface area (Å²) >= 11 is 0. The molecule has 122 valence electrons. The average Bonchev–Trinajstić information content (AvgIpc) is 2.49. The lowest BCUT2D eigenvalue weighted by atomic mass is 10.1. The van der Waals surface area contributed by atoms with Crippen LogP contribution in [0.3, 0.4) is 0 Å². The summed E-state index contributed by atoms with van der Waals surface area (Å²) in [5.74, 6) is -1.41. The van der Waals surface area contributed by atoms with Gasteiger partial charge in [0.25, 0.3) is 10.0 Å². The predicted molar refractivity (Wildman–Crippen MR) is 86.9 cm³/mol. The van der Waals surface area contributed by atoms with Crippen molar-refractivity contribution in [2.45, 2.75) is 32.1 Å². The molecule has 0 saturated carbocycles. The molecule has 6 heteroatoms. The number of aryl methyl sites for hydroxylation is 2. The number of hydrogen-bond donors (Lipinski definition) is 1. The summed E-state index contributed by atoms with van der Waals surface area (Å²) in [4.78, 5) is 11.0. The van der Waals surface area contributed by atoms with Crippen molar-refractivity contribution in [1.29, 1.82) is 0 Å². The molecule has 0 aliphatic rings. The van der Waals surface area contributed by atoms with Crippen LogP contribution in [-0.2, 0) is 16.4 Å². The number of rotatable bonds is 5. The summed E-state index contributed by atoms with van der Waals surface area (Å²) in [6.45, 7) is 5.29. The van der Waals surface area contributed by atoms with E-state index in [1.807, 2.05) is 13.0 Å². The number of anilines is 1. The fourth-order valence-corrected chi connectivity index (χ4v) is 3.68. The Kier molecular flexibility index (Phi) is 4.75. The molecule has 0 atom stereocenters. The molecule has 0 spiro atoms. The SMILES string of the molecule is CCc1cccc(NS(=O)(=O)c2cc(C(=O)[O-])cc(C)c2C)c1. The van der Waals surface area contributed by atoms with Gasteiger partial charge in [-0.3, -0.25) is 4.72 Å². The number of benzene rings is 2. The first-order valence-corrected chi connectivity index (χ1v) is 8.67. The monoisotopic (exact) mass is 332 g/mol. The Morgan fingerprint density at radius 2 is 1.87 bits per heavy atom. The van der Waals surface area contributed by atoms with Crippen molar-refractivity contribution in [3.05, 3.63) is 58.7 Å². The highest BCUT2D eigenvalue weighted by molar-refractivity contribution is 7.92. The lowest BCUT2D eigenvalue weighted by Gasteiger charge is -2.15. The third kappa shape index (κ3) is 3.71. The highest BCUT2D eigenvalue weighted by atomic mass is 32.2. The van der Waals surface area contributed by atoms with Gasteiger partial charge in [-0.25, -0.2) is 8.42 Å². The van der Waals surface area contributed by atoms with Crippen LogP contribution in [0.5, 0.6) is 0 Å². The van der Waals surface area contributed by atoms with Gasteiger partial charge in [-0.15, -0.1) is 0 Å². The molecule has 23 heavy (non-hydrogen) atoms. The molecule has 2 aromatic rings. The van der Waals surface area contributed by atoms with Crippen LogP contribution in [0.25, 0.3) is 0 Å². The molecule has 0 saturated heterocycles. The van der Waals surface area contributed by atoms with Gasteiger partial charge in [-0.05, 0) is 66.8 Å². The standard InChI is InChI=1S/C17H19NO4S/c1-4-13-6-5-7-15(9-13)18-23(21,22)16-10-14(17(19)20)8-11(2)12(16)3/h5-10,18H,4H2,1-3H3,(H,19,20)/p-1. The van der Waals surface area contributed by atoms with Crippen LogP contribution in [0, 0.1) is 13.8 Å². The predicted octanol–water partition coefficient (Wildman–Crippen LogP) is 2.03. The van der Waals surface area contributed by atoms with Crippen molar-refractivity contribution in [1.82, 2.24) is 0 Å². The van der Waals surface area contributed by atoms with Crippen LogP contribution in [-0.4, -0.2) is 14.4 Å². The lowest BCUT2D eigenvalue weighted by Crippen LogP contribution is -2.23. The summed E-state index contributed by atoms with van der Waals surface area (Å²) in [6.07, 6.45) is 0.786. The number of carboxylic acid groups (broad SMARTS) is 1. The number of sulfonamides is 1. The maximum Gasteiger partial charge on any atom is 0.262 e. The molecule has 0 aliphatic heterocycles. The van der Waals surface area contributed by atoms with E-state index >= 15 is 0 Å². The number of carbonyl (C=O) groups excluding carboxylic acids is 1. The minimum atomic E-state index is -3.89. The van der Waals surface area contributed by atoms with Crippen molar-refractivity contribution >= 4 is 21.7 Å². The number of carbonyl (C=O) groups is 1.